The van der Waals surface area contributed by atoms with Crippen molar-refractivity contribution in [3.8, 4) is 33.1 Å². The summed E-state index contributed by atoms with van der Waals surface area (Å²) in [5.74, 6) is 0.874. The Bertz CT molecular complexity index is 1840. The van der Waals surface area contributed by atoms with Crippen LogP contribution in [0.25, 0.3) is 54.9 Å². The molecule has 1 saturated carbocycles. The smallest absolute Gasteiger partial charge is 0.169 e. The average Bonchev–Trinajstić information content (AvgIpc) is 3.78. The quantitative estimate of drug-likeness (QED) is 0.181. The lowest BCUT2D eigenvalue weighted by molar-refractivity contribution is 0.102. The van der Waals surface area contributed by atoms with Crippen molar-refractivity contribution in [2.24, 2.45) is 5.92 Å². The van der Waals surface area contributed by atoms with Crippen LogP contribution in [0.2, 0.25) is 0 Å². The lowest BCUT2D eigenvalue weighted by Gasteiger charge is -2.11. The zero-order valence-corrected chi connectivity index (χ0v) is 23.0. The number of pyridine rings is 3. The maximum Gasteiger partial charge on any atom is 0.169 e. The number of carbonyl (C=O) groups is 1. The van der Waals surface area contributed by atoms with Crippen LogP contribution in [0.3, 0.4) is 0 Å². The third kappa shape index (κ3) is 4.71. The van der Waals surface area contributed by atoms with Crippen LogP contribution in [0.15, 0.2) is 61.3 Å². The summed E-state index contributed by atoms with van der Waals surface area (Å²) in [5, 5.41) is 13.4. The van der Waals surface area contributed by atoms with Crippen LogP contribution in [0.1, 0.15) is 47.8 Å². The molecule has 7 rings (SSSR count). The Morgan fingerprint density at radius 1 is 1.00 bits per heavy atom. The van der Waals surface area contributed by atoms with Gasteiger partial charge in [0.2, 0.25) is 0 Å². The number of hydrogen-bond acceptors (Lipinski definition) is 7. The summed E-state index contributed by atoms with van der Waals surface area (Å²) in [6.45, 7) is 3.47. The van der Waals surface area contributed by atoms with Crippen LogP contribution < -0.4 is 5.32 Å². The number of thiophene rings is 1. The number of carbonyl (C=O) groups excluding carboxylic acids is 1. The Kier molecular flexibility index (Phi) is 6.45. The van der Waals surface area contributed by atoms with Crippen molar-refractivity contribution in [1.82, 2.24) is 35.5 Å². The lowest BCUT2D eigenvalue weighted by atomic mass is 10.1. The van der Waals surface area contributed by atoms with Crippen LogP contribution in [0.5, 0.6) is 0 Å². The molecule has 1 fully saturated rings. The second kappa shape index (κ2) is 10.4. The number of ketones is 1. The first kappa shape index (κ1) is 24.8. The minimum absolute atomic E-state index is 0.0691. The predicted octanol–water partition coefficient (Wildman–Crippen LogP) is 6.77. The molecule has 40 heavy (non-hydrogen) atoms. The van der Waals surface area contributed by atoms with Crippen LogP contribution in [0.4, 0.5) is 0 Å². The molecular formula is C31H29N7OS. The molecule has 0 bridgehead atoms. The molecule has 6 aromatic heterocycles. The van der Waals surface area contributed by atoms with Gasteiger partial charge in [-0.25, -0.2) is 0 Å². The van der Waals surface area contributed by atoms with E-state index in [1.165, 1.54) is 37.0 Å². The zero-order chi connectivity index (χ0) is 27.1. The first-order valence-corrected chi connectivity index (χ1v) is 14.5. The van der Waals surface area contributed by atoms with E-state index >= 15 is 0 Å². The molecule has 0 atom stereocenters. The van der Waals surface area contributed by atoms with Gasteiger partial charge in [0.15, 0.2) is 5.78 Å². The van der Waals surface area contributed by atoms with Gasteiger partial charge in [-0.15, -0.1) is 11.3 Å². The number of nitrogens with one attached hydrogen (secondary N) is 3. The molecule has 0 aromatic carbocycles. The minimum atomic E-state index is 0.0691. The van der Waals surface area contributed by atoms with E-state index in [0.29, 0.717) is 0 Å². The van der Waals surface area contributed by atoms with Gasteiger partial charge < -0.3 is 10.3 Å². The van der Waals surface area contributed by atoms with E-state index in [4.69, 9.17) is 4.98 Å². The molecule has 0 amide bonds. The summed E-state index contributed by atoms with van der Waals surface area (Å²) < 4.78 is 0. The molecule has 6 heterocycles. The molecule has 0 saturated heterocycles. The number of hydrogen-bond donors (Lipinski definition) is 3. The first-order valence-electron chi connectivity index (χ1n) is 13.7. The molecule has 1 aliphatic rings. The van der Waals surface area contributed by atoms with Gasteiger partial charge in [-0.3, -0.25) is 24.8 Å². The highest BCUT2D eigenvalue weighted by atomic mass is 32.1. The Hall–Kier alpha value is -4.21. The highest BCUT2D eigenvalue weighted by Crippen LogP contribution is 2.37. The normalized spacial score (nSPS) is 14.0. The molecule has 8 nitrogen and oxygen atoms in total. The fourth-order valence-electron chi connectivity index (χ4n) is 5.69. The summed E-state index contributed by atoms with van der Waals surface area (Å²) in [5.41, 5.74) is 7.47. The SMILES string of the molecule is CC(=O)c1ccc(-c2cncc3[nH]c(-c4n[nH]c5cnc(-c6cncc(CNCC7CCCC7)c6)cc45)cc23)s1. The molecule has 200 valence electrons. The summed E-state index contributed by atoms with van der Waals surface area (Å²) in [6, 6.07) is 10.2. The third-order valence-electron chi connectivity index (χ3n) is 7.79. The van der Waals surface area contributed by atoms with E-state index < -0.39 is 0 Å². The molecule has 0 unspecified atom stereocenters. The Labute approximate surface area is 235 Å². The van der Waals surface area contributed by atoms with E-state index in [2.05, 4.69) is 48.7 Å². The van der Waals surface area contributed by atoms with Crippen molar-refractivity contribution in [3.63, 3.8) is 0 Å². The number of Topliss-reactive ketones (excluding diaryl/α,β-unsaturated/α-hetero) is 1. The van der Waals surface area contributed by atoms with Crippen LogP contribution >= 0.6 is 11.3 Å². The number of rotatable bonds is 8. The van der Waals surface area contributed by atoms with Crippen LogP contribution in [-0.2, 0) is 6.54 Å². The number of fused-ring (bicyclic) bond motifs is 2. The largest absolute Gasteiger partial charge is 0.352 e. The monoisotopic (exact) mass is 547 g/mol. The van der Waals surface area contributed by atoms with Gasteiger partial charge in [-0.05, 0) is 68.1 Å². The highest BCUT2D eigenvalue weighted by Gasteiger charge is 2.17. The molecule has 0 spiro atoms. The van der Waals surface area contributed by atoms with Gasteiger partial charge in [0.1, 0.15) is 5.69 Å². The fourth-order valence-corrected chi connectivity index (χ4v) is 6.61. The van der Waals surface area contributed by atoms with Gasteiger partial charge in [0.05, 0.1) is 39.7 Å². The second-order valence-electron chi connectivity index (χ2n) is 10.6. The number of aromatic amines is 2. The second-order valence-corrected chi connectivity index (χ2v) is 11.7. The van der Waals surface area contributed by atoms with Crippen molar-refractivity contribution in [2.75, 3.05) is 6.54 Å². The standard InChI is InChI=1S/C31H29N7OS/c1-18(39)29-6-7-30(40-29)24-15-34-16-27-22(24)9-26(36-27)31-23-10-25(35-17-28(23)37-38-31)21-8-20(13-33-14-21)12-32-11-19-4-2-3-5-19/h6-10,13-17,19,32,36H,2-5,11-12H2,1H3,(H,37,38). The highest BCUT2D eigenvalue weighted by molar-refractivity contribution is 7.17. The van der Waals surface area contributed by atoms with Crippen molar-refractivity contribution >= 4 is 38.9 Å². The van der Waals surface area contributed by atoms with E-state index in [-0.39, 0.29) is 5.78 Å². The molecular weight excluding hydrogens is 518 g/mol. The van der Waals surface area contributed by atoms with Gasteiger partial charge in [-0.1, -0.05) is 12.8 Å². The third-order valence-corrected chi connectivity index (χ3v) is 9.01. The Balaban J connectivity index is 1.20. The lowest BCUT2D eigenvalue weighted by Crippen LogP contribution is -2.20. The van der Waals surface area contributed by atoms with Crippen molar-refractivity contribution in [1.29, 1.82) is 0 Å². The van der Waals surface area contributed by atoms with E-state index in [9.17, 15) is 4.79 Å². The molecule has 1 aliphatic carbocycles. The zero-order valence-electron chi connectivity index (χ0n) is 22.2. The summed E-state index contributed by atoms with van der Waals surface area (Å²) in [4.78, 5) is 30.7. The van der Waals surface area contributed by atoms with Crippen LogP contribution in [0, 0.1) is 5.92 Å². The molecule has 0 aliphatic heterocycles. The van der Waals surface area contributed by atoms with Gasteiger partial charge >= 0.3 is 0 Å². The summed E-state index contributed by atoms with van der Waals surface area (Å²) in [7, 11) is 0. The topological polar surface area (TPSA) is 112 Å². The number of H-pyrrole nitrogens is 2. The molecule has 9 heteroatoms. The predicted molar refractivity (Wildman–Crippen MR) is 159 cm³/mol. The van der Waals surface area contributed by atoms with Crippen molar-refractivity contribution in [3.05, 3.63) is 71.8 Å². The Morgan fingerprint density at radius 2 is 1.88 bits per heavy atom. The maximum absolute atomic E-state index is 11.8. The van der Waals surface area contributed by atoms with Gasteiger partial charge in [-0.2, -0.15) is 5.10 Å². The number of aromatic nitrogens is 6. The van der Waals surface area contributed by atoms with Crippen molar-refractivity contribution in [2.45, 2.75) is 39.2 Å². The van der Waals surface area contributed by atoms with Crippen LogP contribution in [-0.4, -0.2) is 42.5 Å². The molecule has 0 radical (unpaired) electrons. The van der Waals surface area contributed by atoms with E-state index in [0.717, 1.165) is 84.3 Å². The molecule has 6 aromatic rings. The maximum atomic E-state index is 11.8. The summed E-state index contributed by atoms with van der Waals surface area (Å²) >= 11 is 1.49. The minimum Gasteiger partial charge on any atom is -0.352 e. The van der Waals surface area contributed by atoms with Crippen molar-refractivity contribution < 1.29 is 4.79 Å². The van der Waals surface area contributed by atoms with E-state index in [1.807, 2.05) is 43.1 Å². The first-order chi connectivity index (χ1) is 19.6. The van der Waals surface area contributed by atoms with E-state index in [1.54, 1.807) is 6.92 Å². The Morgan fingerprint density at radius 3 is 2.73 bits per heavy atom. The summed E-state index contributed by atoms with van der Waals surface area (Å²) in [6.07, 6.45) is 14.7. The van der Waals surface area contributed by atoms with Gasteiger partial charge in [0.25, 0.3) is 0 Å². The average molecular weight is 548 g/mol. The fraction of sp³-hybridized carbons (Fsp3) is 0.258. The van der Waals surface area contributed by atoms with Gasteiger partial charge in [0, 0.05) is 51.9 Å². The number of nitrogens with zero attached hydrogens (tertiary/aromatic N) is 4. The molecule has 3 N–H and O–H groups in total.